The smallest absolute Gasteiger partial charge is 0.317 e. The molecule has 0 unspecified atom stereocenters. The lowest BCUT2D eigenvalue weighted by molar-refractivity contribution is 0.179. The first-order valence-electron chi connectivity index (χ1n) is 6.06. The quantitative estimate of drug-likeness (QED) is 0.806. The standard InChI is InChI=1S/C13H19N3O/c1-11-10-16(8-7-14-11)13(17)15-9-12-5-3-2-4-6-12/h2-6,11,14H,7-10H2,1H3,(H,15,17)/t11-/m1/s1. The summed E-state index contributed by atoms with van der Waals surface area (Å²) < 4.78 is 0. The van der Waals surface area contributed by atoms with E-state index in [0.29, 0.717) is 12.6 Å². The van der Waals surface area contributed by atoms with Crippen LogP contribution in [0.3, 0.4) is 0 Å². The number of benzene rings is 1. The predicted octanol–water partition coefficient (Wildman–Crippen LogP) is 1.19. The topological polar surface area (TPSA) is 44.4 Å². The largest absolute Gasteiger partial charge is 0.334 e. The third-order valence-electron chi connectivity index (χ3n) is 2.94. The van der Waals surface area contributed by atoms with Gasteiger partial charge >= 0.3 is 6.03 Å². The van der Waals surface area contributed by atoms with Crippen LogP contribution in [0.15, 0.2) is 30.3 Å². The summed E-state index contributed by atoms with van der Waals surface area (Å²) in [6.07, 6.45) is 0. The van der Waals surface area contributed by atoms with Crippen molar-refractivity contribution in [2.45, 2.75) is 19.5 Å². The Morgan fingerprint density at radius 3 is 2.94 bits per heavy atom. The van der Waals surface area contributed by atoms with Crippen molar-refractivity contribution in [3.8, 4) is 0 Å². The van der Waals surface area contributed by atoms with Crippen molar-refractivity contribution in [2.24, 2.45) is 0 Å². The summed E-state index contributed by atoms with van der Waals surface area (Å²) in [5.74, 6) is 0. The van der Waals surface area contributed by atoms with Crippen LogP contribution >= 0.6 is 0 Å². The molecule has 17 heavy (non-hydrogen) atoms. The molecule has 2 N–H and O–H groups in total. The molecule has 0 radical (unpaired) electrons. The van der Waals surface area contributed by atoms with Crippen LogP contribution in [0.1, 0.15) is 12.5 Å². The monoisotopic (exact) mass is 233 g/mol. The summed E-state index contributed by atoms with van der Waals surface area (Å²) in [6.45, 7) is 5.13. The van der Waals surface area contributed by atoms with Gasteiger partial charge in [0, 0.05) is 32.2 Å². The summed E-state index contributed by atoms with van der Waals surface area (Å²) in [5.41, 5.74) is 1.13. The molecule has 1 heterocycles. The van der Waals surface area contributed by atoms with Crippen LogP contribution in [0.5, 0.6) is 0 Å². The van der Waals surface area contributed by atoms with Gasteiger partial charge in [0.15, 0.2) is 0 Å². The maximum Gasteiger partial charge on any atom is 0.317 e. The molecule has 2 rings (SSSR count). The van der Waals surface area contributed by atoms with E-state index in [1.165, 1.54) is 0 Å². The second-order valence-electron chi connectivity index (χ2n) is 4.45. The van der Waals surface area contributed by atoms with Gasteiger partial charge in [-0.1, -0.05) is 30.3 Å². The van der Waals surface area contributed by atoms with Crippen LogP contribution in [0, 0.1) is 0 Å². The lowest BCUT2D eigenvalue weighted by Gasteiger charge is -2.31. The van der Waals surface area contributed by atoms with E-state index in [2.05, 4.69) is 17.6 Å². The number of urea groups is 1. The summed E-state index contributed by atoms with van der Waals surface area (Å²) in [6, 6.07) is 10.4. The van der Waals surface area contributed by atoms with E-state index >= 15 is 0 Å². The number of rotatable bonds is 2. The second kappa shape index (κ2) is 5.68. The third kappa shape index (κ3) is 3.46. The van der Waals surface area contributed by atoms with Crippen molar-refractivity contribution in [3.63, 3.8) is 0 Å². The van der Waals surface area contributed by atoms with Gasteiger partial charge in [-0.05, 0) is 12.5 Å². The lowest BCUT2D eigenvalue weighted by atomic mass is 10.2. The van der Waals surface area contributed by atoms with Crippen molar-refractivity contribution in [1.29, 1.82) is 0 Å². The number of piperazine rings is 1. The number of carbonyl (C=O) groups excluding carboxylic acids is 1. The number of nitrogens with one attached hydrogen (secondary N) is 2. The fourth-order valence-corrected chi connectivity index (χ4v) is 2.00. The Bertz CT molecular complexity index is 366. The molecule has 0 saturated carbocycles. The predicted molar refractivity (Wildman–Crippen MR) is 67.7 cm³/mol. The van der Waals surface area contributed by atoms with Gasteiger partial charge in [0.25, 0.3) is 0 Å². The molecule has 1 aliphatic rings. The summed E-state index contributed by atoms with van der Waals surface area (Å²) in [5, 5.41) is 6.27. The molecule has 0 spiro atoms. The molecule has 4 nitrogen and oxygen atoms in total. The summed E-state index contributed by atoms with van der Waals surface area (Å²) in [4.78, 5) is 13.8. The Morgan fingerprint density at radius 2 is 2.24 bits per heavy atom. The van der Waals surface area contributed by atoms with E-state index in [-0.39, 0.29) is 6.03 Å². The Kier molecular flexibility index (Phi) is 3.98. The highest BCUT2D eigenvalue weighted by molar-refractivity contribution is 5.74. The van der Waals surface area contributed by atoms with Crippen molar-refractivity contribution >= 4 is 6.03 Å². The molecule has 0 bridgehead atoms. The molecule has 1 atom stereocenters. The van der Waals surface area contributed by atoms with E-state index in [9.17, 15) is 4.79 Å². The molecule has 1 saturated heterocycles. The van der Waals surface area contributed by atoms with Gasteiger partial charge in [-0.3, -0.25) is 0 Å². The average Bonchev–Trinajstić information content (AvgIpc) is 2.37. The number of amides is 2. The molecule has 0 aliphatic carbocycles. The Labute approximate surface area is 102 Å². The molecule has 1 fully saturated rings. The fraction of sp³-hybridized carbons (Fsp3) is 0.462. The highest BCUT2D eigenvalue weighted by Gasteiger charge is 2.19. The van der Waals surface area contributed by atoms with E-state index in [1.54, 1.807) is 0 Å². The molecule has 92 valence electrons. The maximum atomic E-state index is 11.9. The minimum atomic E-state index is 0.0298. The van der Waals surface area contributed by atoms with Gasteiger partial charge in [0.2, 0.25) is 0 Å². The van der Waals surface area contributed by atoms with E-state index in [1.807, 2.05) is 35.2 Å². The van der Waals surface area contributed by atoms with Gasteiger partial charge in [0.05, 0.1) is 0 Å². The van der Waals surface area contributed by atoms with Gasteiger partial charge in [-0.15, -0.1) is 0 Å². The van der Waals surface area contributed by atoms with E-state index in [4.69, 9.17) is 0 Å². The summed E-state index contributed by atoms with van der Waals surface area (Å²) >= 11 is 0. The van der Waals surface area contributed by atoms with Gasteiger partial charge in [-0.25, -0.2) is 4.79 Å². The first kappa shape index (κ1) is 11.9. The number of carbonyl (C=O) groups is 1. The number of hydrogen-bond acceptors (Lipinski definition) is 2. The Morgan fingerprint density at radius 1 is 1.47 bits per heavy atom. The molecule has 0 aromatic heterocycles. The number of hydrogen-bond donors (Lipinski definition) is 2. The molecule has 2 amide bonds. The van der Waals surface area contributed by atoms with Gasteiger partial charge in [0.1, 0.15) is 0 Å². The van der Waals surface area contributed by atoms with Crippen LogP contribution in [0.25, 0.3) is 0 Å². The van der Waals surface area contributed by atoms with Crippen LogP contribution in [0.2, 0.25) is 0 Å². The van der Waals surface area contributed by atoms with E-state index < -0.39 is 0 Å². The van der Waals surface area contributed by atoms with Crippen LogP contribution in [0.4, 0.5) is 4.79 Å². The van der Waals surface area contributed by atoms with Crippen LogP contribution in [-0.2, 0) is 6.54 Å². The molecule has 4 heteroatoms. The Balaban J connectivity index is 1.81. The minimum Gasteiger partial charge on any atom is -0.334 e. The Hall–Kier alpha value is -1.55. The fourth-order valence-electron chi connectivity index (χ4n) is 2.00. The zero-order valence-electron chi connectivity index (χ0n) is 10.1. The van der Waals surface area contributed by atoms with Crippen molar-refractivity contribution < 1.29 is 4.79 Å². The van der Waals surface area contributed by atoms with Crippen molar-refractivity contribution in [1.82, 2.24) is 15.5 Å². The lowest BCUT2D eigenvalue weighted by Crippen LogP contribution is -2.53. The normalized spacial score (nSPS) is 20.1. The van der Waals surface area contributed by atoms with Gasteiger partial charge < -0.3 is 15.5 Å². The number of nitrogens with zero attached hydrogens (tertiary/aromatic N) is 1. The molecule has 1 aromatic rings. The molecule has 1 aliphatic heterocycles. The molecular weight excluding hydrogens is 214 g/mol. The van der Waals surface area contributed by atoms with Crippen LogP contribution in [-0.4, -0.2) is 36.6 Å². The molecular formula is C13H19N3O. The summed E-state index contributed by atoms with van der Waals surface area (Å²) in [7, 11) is 0. The zero-order chi connectivity index (χ0) is 12.1. The van der Waals surface area contributed by atoms with Gasteiger partial charge in [-0.2, -0.15) is 0 Å². The minimum absolute atomic E-state index is 0.0298. The average molecular weight is 233 g/mol. The van der Waals surface area contributed by atoms with Crippen LogP contribution < -0.4 is 10.6 Å². The highest BCUT2D eigenvalue weighted by Crippen LogP contribution is 2.01. The molecule has 1 aromatic carbocycles. The van der Waals surface area contributed by atoms with Crippen molar-refractivity contribution in [3.05, 3.63) is 35.9 Å². The van der Waals surface area contributed by atoms with Crippen molar-refractivity contribution in [2.75, 3.05) is 19.6 Å². The zero-order valence-corrected chi connectivity index (χ0v) is 10.1. The SMILES string of the molecule is C[C@@H]1CN(C(=O)NCc2ccccc2)CCN1. The highest BCUT2D eigenvalue weighted by atomic mass is 16.2. The third-order valence-corrected chi connectivity index (χ3v) is 2.94. The first-order valence-corrected chi connectivity index (χ1v) is 6.06. The maximum absolute atomic E-state index is 11.9. The van der Waals surface area contributed by atoms with E-state index in [0.717, 1.165) is 25.2 Å². The first-order chi connectivity index (χ1) is 8.25. The second-order valence-corrected chi connectivity index (χ2v) is 4.45.